The van der Waals surface area contributed by atoms with E-state index < -0.39 is 0 Å². The molecule has 0 radical (unpaired) electrons. The van der Waals surface area contributed by atoms with E-state index >= 15 is 0 Å². The van der Waals surface area contributed by atoms with Crippen molar-refractivity contribution in [1.29, 1.82) is 0 Å². The van der Waals surface area contributed by atoms with Crippen molar-refractivity contribution in [3.8, 4) is 5.75 Å². The quantitative estimate of drug-likeness (QED) is 0.431. The van der Waals surface area contributed by atoms with Crippen LogP contribution in [0.3, 0.4) is 0 Å². The molecule has 0 spiro atoms. The lowest BCUT2D eigenvalue weighted by molar-refractivity contribution is -0.120. The van der Waals surface area contributed by atoms with Gasteiger partial charge in [-0.25, -0.2) is 0 Å². The van der Waals surface area contributed by atoms with Gasteiger partial charge in [-0.15, -0.1) is 0 Å². The van der Waals surface area contributed by atoms with E-state index in [4.69, 9.17) is 15.3 Å². The Labute approximate surface area is 154 Å². The minimum Gasteiger partial charge on any atom is -0.486 e. The third-order valence-electron chi connectivity index (χ3n) is 3.70. The average molecular weight is 355 g/mol. The third kappa shape index (κ3) is 5.81. The fraction of sp³-hybridized carbons (Fsp3) is 0.300. The van der Waals surface area contributed by atoms with Gasteiger partial charge in [0.1, 0.15) is 12.4 Å². The predicted octanol–water partition coefficient (Wildman–Crippen LogP) is 3.42. The minimum atomic E-state index is -0.290. The highest BCUT2D eigenvalue weighted by Gasteiger charge is 2.12. The number of hydrogen-bond acceptors (Lipinski definition) is 4. The van der Waals surface area contributed by atoms with Crippen LogP contribution >= 0.6 is 0 Å². The molecule has 6 nitrogen and oxygen atoms in total. The van der Waals surface area contributed by atoms with E-state index in [1.165, 1.54) is 0 Å². The maximum Gasteiger partial charge on any atom is 0.265 e. The van der Waals surface area contributed by atoms with E-state index in [0.717, 1.165) is 16.8 Å². The number of ether oxygens (including phenoxy) is 1. The van der Waals surface area contributed by atoms with Gasteiger partial charge >= 0.3 is 0 Å². The van der Waals surface area contributed by atoms with Gasteiger partial charge in [0.05, 0.1) is 0 Å². The van der Waals surface area contributed by atoms with Gasteiger partial charge in [0.25, 0.3) is 5.91 Å². The summed E-state index contributed by atoms with van der Waals surface area (Å²) in [6.45, 7) is 5.98. The molecule has 0 unspecified atom stereocenters. The molecule has 2 rings (SSSR count). The smallest absolute Gasteiger partial charge is 0.265 e. The second kappa shape index (κ2) is 9.46. The van der Waals surface area contributed by atoms with Crippen LogP contribution < -0.4 is 15.8 Å². The summed E-state index contributed by atoms with van der Waals surface area (Å²) in [6, 6.07) is 15.2. The Hall–Kier alpha value is -3.02. The van der Waals surface area contributed by atoms with Crippen molar-refractivity contribution < 1.29 is 14.4 Å². The first-order valence-corrected chi connectivity index (χ1v) is 8.49. The van der Waals surface area contributed by atoms with Crippen LogP contribution in [0.5, 0.6) is 5.75 Å². The number of aryl methyl sites for hydroxylation is 1. The second-order valence-electron chi connectivity index (χ2n) is 6.20. The average Bonchev–Trinajstić information content (AvgIpc) is 2.62. The molecule has 138 valence electrons. The highest BCUT2D eigenvalue weighted by Crippen LogP contribution is 2.27. The summed E-state index contributed by atoms with van der Waals surface area (Å²) in [5.74, 6) is 0.848. The standard InChI is InChI=1S/C20H25N3O3/c1-14(2)17-11-7-8-15(3)20(17)22-19(24)13-26-23-18(21)12-25-16-9-5-4-6-10-16/h4-11,14H,12-13H2,1-3H3,(H2,21,23)(H,22,24). The molecular weight excluding hydrogens is 330 g/mol. The maximum atomic E-state index is 12.1. The molecule has 0 aliphatic heterocycles. The number of carbonyl (C=O) groups excluding carboxylic acids is 1. The van der Waals surface area contributed by atoms with Crippen molar-refractivity contribution in [3.63, 3.8) is 0 Å². The van der Waals surface area contributed by atoms with Crippen molar-refractivity contribution >= 4 is 17.4 Å². The van der Waals surface area contributed by atoms with E-state index in [1.54, 1.807) is 0 Å². The SMILES string of the molecule is Cc1cccc(C(C)C)c1NC(=O)CO/N=C(\N)COc1ccccc1. The molecule has 26 heavy (non-hydrogen) atoms. The largest absolute Gasteiger partial charge is 0.486 e. The number of nitrogens with two attached hydrogens (primary N) is 1. The van der Waals surface area contributed by atoms with E-state index in [0.29, 0.717) is 11.7 Å². The number of para-hydroxylation sites is 2. The topological polar surface area (TPSA) is 85.9 Å². The van der Waals surface area contributed by atoms with Crippen LogP contribution in [-0.2, 0) is 9.63 Å². The number of oxime groups is 1. The molecule has 2 aromatic carbocycles. The van der Waals surface area contributed by atoms with Crippen molar-refractivity contribution in [2.24, 2.45) is 10.9 Å². The Morgan fingerprint density at radius 2 is 1.85 bits per heavy atom. The molecular formula is C20H25N3O3. The first kappa shape index (κ1) is 19.3. The lowest BCUT2D eigenvalue weighted by Crippen LogP contribution is -2.23. The molecule has 3 N–H and O–H groups in total. The Balaban J connectivity index is 1.83. The van der Waals surface area contributed by atoms with Gasteiger partial charge in [0.15, 0.2) is 12.4 Å². The van der Waals surface area contributed by atoms with Crippen LogP contribution in [0.2, 0.25) is 0 Å². The summed E-state index contributed by atoms with van der Waals surface area (Å²) in [5.41, 5.74) is 8.62. The summed E-state index contributed by atoms with van der Waals surface area (Å²) in [6.07, 6.45) is 0. The van der Waals surface area contributed by atoms with Gasteiger partial charge in [0, 0.05) is 5.69 Å². The number of carbonyl (C=O) groups is 1. The van der Waals surface area contributed by atoms with Crippen LogP contribution in [0, 0.1) is 6.92 Å². The van der Waals surface area contributed by atoms with Gasteiger partial charge in [-0.3, -0.25) is 4.79 Å². The molecule has 0 bridgehead atoms. The molecule has 0 saturated carbocycles. The molecule has 0 fully saturated rings. The number of amidine groups is 1. The number of nitrogens with one attached hydrogen (secondary N) is 1. The lowest BCUT2D eigenvalue weighted by Gasteiger charge is -2.16. The summed E-state index contributed by atoms with van der Waals surface area (Å²) in [4.78, 5) is 17.2. The van der Waals surface area contributed by atoms with Crippen molar-refractivity contribution in [2.75, 3.05) is 18.5 Å². The fourth-order valence-electron chi connectivity index (χ4n) is 2.39. The van der Waals surface area contributed by atoms with Gasteiger partial charge in [0.2, 0.25) is 0 Å². The predicted molar refractivity (Wildman–Crippen MR) is 103 cm³/mol. The highest BCUT2D eigenvalue weighted by molar-refractivity contribution is 5.93. The van der Waals surface area contributed by atoms with E-state index in [9.17, 15) is 4.79 Å². The van der Waals surface area contributed by atoms with E-state index in [1.807, 2.05) is 55.5 Å². The van der Waals surface area contributed by atoms with Crippen LogP contribution in [0.15, 0.2) is 53.7 Å². The van der Waals surface area contributed by atoms with Crippen LogP contribution in [-0.4, -0.2) is 25.0 Å². The molecule has 1 amide bonds. The third-order valence-corrected chi connectivity index (χ3v) is 3.70. The monoisotopic (exact) mass is 355 g/mol. The summed E-state index contributed by atoms with van der Waals surface area (Å²) < 4.78 is 5.44. The number of hydrogen-bond donors (Lipinski definition) is 2. The van der Waals surface area contributed by atoms with Crippen LogP contribution in [0.25, 0.3) is 0 Å². The van der Waals surface area contributed by atoms with Crippen LogP contribution in [0.4, 0.5) is 5.69 Å². The normalized spacial score (nSPS) is 11.3. The molecule has 0 saturated heterocycles. The zero-order valence-corrected chi connectivity index (χ0v) is 15.4. The molecule has 0 heterocycles. The Bertz CT molecular complexity index is 758. The highest BCUT2D eigenvalue weighted by atomic mass is 16.6. The molecule has 0 atom stereocenters. The molecule has 0 aromatic heterocycles. The van der Waals surface area contributed by atoms with Gasteiger partial charge in [-0.2, -0.15) is 0 Å². The number of amides is 1. The van der Waals surface area contributed by atoms with Gasteiger partial charge in [-0.1, -0.05) is 55.4 Å². The van der Waals surface area contributed by atoms with Crippen molar-refractivity contribution in [3.05, 3.63) is 59.7 Å². The van der Waals surface area contributed by atoms with Crippen LogP contribution in [0.1, 0.15) is 30.9 Å². The summed E-state index contributed by atoms with van der Waals surface area (Å²) >= 11 is 0. The lowest BCUT2D eigenvalue weighted by atomic mass is 9.98. The van der Waals surface area contributed by atoms with Crippen molar-refractivity contribution in [1.82, 2.24) is 0 Å². The summed E-state index contributed by atoms with van der Waals surface area (Å²) in [7, 11) is 0. The van der Waals surface area contributed by atoms with E-state index in [-0.39, 0.29) is 25.0 Å². The zero-order valence-electron chi connectivity index (χ0n) is 15.4. The first-order valence-electron chi connectivity index (χ1n) is 8.49. The number of anilines is 1. The Morgan fingerprint density at radius 3 is 2.54 bits per heavy atom. The number of benzene rings is 2. The van der Waals surface area contributed by atoms with Gasteiger partial charge < -0.3 is 20.6 Å². The zero-order chi connectivity index (χ0) is 18.9. The second-order valence-corrected chi connectivity index (χ2v) is 6.20. The Kier molecular flexibility index (Phi) is 7.02. The summed E-state index contributed by atoms with van der Waals surface area (Å²) in [5, 5.41) is 6.60. The molecule has 0 aliphatic rings. The Morgan fingerprint density at radius 1 is 1.12 bits per heavy atom. The molecule has 6 heteroatoms. The van der Waals surface area contributed by atoms with E-state index in [2.05, 4.69) is 24.3 Å². The maximum absolute atomic E-state index is 12.1. The number of rotatable bonds is 8. The molecule has 2 aromatic rings. The minimum absolute atomic E-state index is 0.0842. The van der Waals surface area contributed by atoms with Crippen molar-refractivity contribution in [2.45, 2.75) is 26.7 Å². The van der Waals surface area contributed by atoms with Gasteiger partial charge in [-0.05, 0) is 36.1 Å². The molecule has 0 aliphatic carbocycles. The fourth-order valence-corrected chi connectivity index (χ4v) is 2.39. The number of nitrogens with zero attached hydrogens (tertiary/aromatic N) is 1. The first-order chi connectivity index (χ1) is 12.5.